The van der Waals surface area contributed by atoms with E-state index in [-0.39, 0.29) is 11.3 Å². The molecule has 3 rings (SSSR count). The quantitative estimate of drug-likeness (QED) is 0.214. The fraction of sp³-hybridized carbons (Fsp3) is 0.429. The monoisotopic (exact) mass is 441 g/mol. The topological polar surface area (TPSA) is 140 Å². The normalized spacial score (nSPS) is 11.8. The Morgan fingerprint density at radius 2 is 1.88 bits per heavy atom. The molecule has 3 aromatic rings. The van der Waals surface area contributed by atoms with Gasteiger partial charge in [0.2, 0.25) is 5.95 Å². The lowest BCUT2D eigenvalue weighted by Gasteiger charge is -2.09. The predicted molar refractivity (Wildman–Crippen MR) is 123 cm³/mol. The summed E-state index contributed by atoms with van der Waals surface area (Å²) in [5, 5.41) is 15.2. The van der Waals surface area contributed by atoms with Gasteiger partial charge in [0.1, 0.15) is 0 Å². The number of benzene rings is 1. The average Bonchev–Trinajstić information content (AvgIpc) is 3.15. The van der Waals surface area contributed by atoms with Crippen LogP contribution in [0.1, 0.15) is 51.5 Å². The Morgan fingerprint density at radius 1 is 1.19 bits per heavy atom. The molecule has 11 nitrogen and oxygen atoms in total. The third-order valence-electron chi connectivity index (χ3n) is 5.31. The molecule has 0 aliphatic rings. The molecule has 0 saturated heterocycles. The number of rotatable bonds is 10. The molecule has 0 aliphatic carbocycles. The van der Waals surface area contributed by atoms with E-state index in [9.17, 15) is 19.7 Å². The van der Waals surface area contributed by atoms with E-state index in [4.69, 9.17) is 0 Å². The van der Waals surface area contributed by atoms with Crippen molar-refractivity contribution in [1.29, 1.82) is 0 Å². The summed E-state index contributed by atoms with van der Waals surface area (Å²) < 4.78 is 3.04. The second-order valence-electron chi connectivity index (χ2n) is 7.60. The van der Waals surface area contributed by atoms with Crippen molar-refractivity contribution in [3.63, 3.8) is 0 Å². The van der Waals surface area contributed by atoms with Crippen LogP contribution in [-0.4, -0.2) is 29.7 Å². The molecule has 2 heterocycles. The maximum atomic E-state index is 12.5. The number of aromatic amines is 1. The average molecular weight is 441 g/mol. The van der Waals surface area contributed by atoms with E-state index in [1.807, 2.05) is 0 Å². The van der Waals surface area contributed by atoms with Crippen molar-refractivity contribution in [3.8, 4) is 0 Å². The molecule has 0 saturated carbocycles. The number of nitrogens with zero attached hydrogens (tertiary/aromatic N) is 5. The van der Waals surface area contributed by atoms with Gasteiger partial charge in [-0.3, -0.25) is 24.5 Å². The molecule has 0 unspecified atom stereocenters. The molecule has 11 heteroatoms. The maximum absolute atomic E-state index is 12.5. The minimum atomic E-state index is -0.535. The first-order valence-corrected chi connectivity index (χ1v) is 10.6. The number of non-ortho nitro benzene ring substituents is 1. The van der Waals surface area contributed by atoms with Crippen molar-refractivity contribution >= 4 is 28.5 Å². The van der Waals surface area contributed by atoms with Crippen LogP contribution in [-0.2, 0) is 13.6 Å². The summed E-state index contributed by atoms with van der Waals surface area (Å²) in [5.41, 5.74) is 3.75. The van der Waals surface area contributed by atoms with Gasteiger partial charge < -0.3 is 4.57 Å². The largest absolute Gasteiger partial charge is 0.329 e. The van der Waals surface area contributed by atoms with Crippen LogP contribution in [0, 0.1) is 10.1 Å². The van der Waals surface area contributed by atoms with Crippen LogP contribution in [0.15, 0.2) is 39.0 Å². The number of aryl methyl sites for hydroxylation is 2. The predicted octanol–water partition coefficient (Wildman–Crippen LogP) is 3.14. The maximum Gasteiger partial charge on any atom is 0.329 e. The van der Waals surface area contributed by atoms with Crippen LogP contribution in [0.3, 0.4) is 0 Å². The van der Waals surface area contributed by atoms with E-state index in [2.05, 4.69) is 27.4 Å². The summed E-state index contributed by atoms with van der Waals surface area (Å²) in [6.45, 7) is 4.46. The van der Waals surface area contributed by atoms with Gasteiger partial charge in [-0.2, -0.15) is 10.1 Å². The van der Waals surface area contributed by atoms with Crippen molar-refractivity contribution in [3.05, 3.63) is 60.8 Å². The zero-order valence-corrected chi connectivity index (χ0v) is 18.4. The first kappa shape index (κ1) is 22.9. The Kier molecular flexibility index (Phi) is 7.18. The Labute approximate surface area is 183 Å². The lowest BCUT2D eigenvalue weighted by atomic mass is 10.1. The van der Waals surface area contributed by atoms with E-state index in [1.165, 1.54) is 16.7 Å². The minimum Gasteiger partial charge on any atom is -0.303 e. The van der Waals surface area contributed by atoms with Gasteiger partial charge in [-0.15, -0.1) is 0 Å². The molecule has 2 aromatic heterocycles. The van der Waals surface area contributed by atoms with Crippen LogP contribution < -0.4 is 16.7 Å². The fourth-order valence-electron chi connectivity index (χ4n) is 3.43. The van der Waals surface area contributed by atoms with E-state index in [1.54, 1.807) is 30.7 Å². The highest BCUT2D eigenvalue weighted by atomic mass is 16.6. The van der Waals surface area contributed by atoms with Gasteiger partial charge in [-0.25, -0.2) is 10.2 Å². The number of hydrogen-bond donors (Lipinski definition) is 2. The van der Waals surface area contributed by atoms with Crippen molar-refractivity contribution in [2.24, 2.45) is 12.1 Å². The van der Waals surface area contributed by atoms with E-state index >= 15 is 0 Å². The number of imidazole rings is 1. The number of nitro groups is 1. The van der Waals surface area contributed by atoms with Gasteiger partial charge in [0.15, 0.2) is 11.2 Å². The van der Waals surface area contributed by atoms with Crippen LogP contribution in [0.2, 0.25) is 0 Å². The van der Waals surface area contributed by atoms with Gasteiger partial charge >= 0.3 is 5.69 Å². The highest BCUT2D eigenvalue weighted by Gasteiger charge is 2.17. The van der Waals surface area contributed by atoms with Crippen LogP contribution in [0.4, 0.5) is 11.6 Å². The molecule has 0 amide bonds. The van der Waals surface area contributed by atoms with Crippen LogP contribution >= 0.6 is 0 Å². The summed E-state index contributed by atoms with van der Waals surface area (Å²) in [6.07, 6.45) is 5.27. The van der Waals surface area contributed by atoms with E-state index < -0.39 is 16.2 Å². The third-order valence-corrected chi connectivity index (χ3v) is 5.31. The number of nitrogens with one attached hydrogen (secondary N) is 2. The SMILES string of the molecule is CCCCCCCn1c(N/N=C(/C)c2ccc([N+](=O)[O-])cc2)nc2c1c(=O)[nH]c(=O)n2C. The van der Waals surface area contributed by atoms with Gasteiger partial charge in [-0.05, 0) is 31.0 Å². The van der Waals surface area contributed by atoms with Crippen LogP contribution in [0.25, 0.3) is 11.2 Å². The molecule has 0 atom stereocenters. The second-order valence-corrected chi connectivity index (χ2v) is 7.60. The number of fused-ring (bicyclic) bond motifs is 1. The van der Waals surface area contributed by atoms with Crippen molar-refractivity contribution in [2.75, 3.05) is 5.43 Å². The Balaban J connectivity index is 1.92. The lowest BCUT2D eigenvalue weighted by Crippen LogP contribution is -2.29. The summed E-state index contributed by atoms with van der Waals surface area (Å²) in [5.74, 6) is 0.350. The van der Waals surface area contributed by atoms with Gasteiger partial charge in [0.25, 0.3) is 11.2 Å². The molecule has 0 spiro atoms. The zero-order chi connectivity index (χ0) is 23.3. The highest BCUT2D eigenvalue weighted by Crippen LogP contribution is 2.18. The summed E-state index contributed by atoms with van der Waals surface area (Å²) >= 11 is 0. The molecule has 0 fully saturated rings. The minimum absolute atomic E-state index is 0.000447. The number of hydrazone groups is 1. The molecule has 0 radical (unpaired) electrons. The van der Waals surface area contributed by atoms with Crippen LogP contribution in [0.5, 0.6) is 0 Å². The van der Waals surface area contributed by atoms with Crippen molar-refractivity contribution < 1.29 is 4.92 Å². The summed E-state index contributed by atoms with van der Waals surface area (Å²) in [6, 6.07) is 6.05. The molecular weight excluding hydrogens is 414 g/mol. The van der Waals surface area contributed by atoms with Crippen molar-refractivity contribution in [1.82, 2.24) is 19.1 Å². The smallest absolute Gasteiger partial charge is 0.303 e. The Bertz CT molecular complexity index is 1250. The number of nitro benzene ring substituents is 1. The third kappa shape index (κ3) is 4.93. The standard InChI is InChI=1S/C21H27N7O4/c1-4-5-6-7-8-13-27-17-18(26(3)21(30)23-19(17)29)22-20(27)25-24-14(2)15-9-11-16(12-10-15)28(31)32/h9-12H,4-8,13H2,1-3H3,(H,22,25)(H,23,29,30)/b24-14-. The molecule has 0 bridgehead atoms. The van der Waals surface area contributed by atoms with Crippen molar-refractivity contribution in [2.45, 2.75) is 52.5 Å². The highest BCUT2D eigenvalue weighted by molar-refractivity contribution is 5.99. The number of anilines is 1. The summed E-state index contributed by atoms with van der Waals surface area (Å²) in [4.78, 5) is 41.7. The van der Waals surface area contributed by atoms with Gasteiger partial charge in [0.05, 0.1) is 10.6 Å². The lowest BCUT2D eigenvalue weighted by molar-refractivity contribution is -0.384. The molecule has 1 aromatic carbocycles. The van der Waals surface area contributed by atoms with E-state index in [0.29, 0.717) is 29.3 Å². The number of H-pyrrole nitrogens is 1. The van der Waals surface area contributed by atoms with Gasteiger partial charge in [0, 0.05) is 25.7 Å². The first-order chi connectivity index (χ1) is 15.3. The summed E-state index contributed by atoms with van der Waals surface area (Å²) in [7, 11) is 1.55. The first-order valence-electron chi connectivity index (χ1n) is 10.6. The Hall–Kier alpha value is -3.76. The number of hydrogen-bond acceptors (Lipinski definition) is 7. The molecule has 170 valence electrons. The molecule has 32 heavy (non-hydrogen) atoms. The number of aromatic nitrogens is 4. The molecule has 2 N–H and O–H groups in total. The second kappa shape index (κ2) is 10.0. The molecule has 0 aliphatic heterocycles. The fourth-order valence-corrected chi connectivity index (χ4v) is 3.43. The Morgan fingerprint density at radius 3 is 2.53 bits per heavy atom. The number of unbranched alkanes of at least 4 members (excludes halogenated alkanes) is 4. The van der Waals surface area contributed by atoms with Gasteiger partial charge in [-0.1, -0.05) is 32.6 Å². The zero-order valence-electron chi connectivity index (χ0n) is 18.4. The van der Waals surface area contributed by atoms with E-state index in [0.717, 1.165) is 32.1 Å². The molecular formula is C21H27N7O4.